The Morgan fingerprint density at radius 1 is 1.00 bits per heavy atom. The predicted octanol–water partition coefficient (Wildman–Crippen LogP) is 3.44. The lowest BCUT2D eigenvalue weighted by molar-refractivity contribution is 0.104. The smallest absolute Gasteiger partial charge is 0.00993 e. The molecule has 0 amide bonds. The summed E-state index contributed by atoms with van der Waals surface area (Å²) in [4.78, 5) is 2.81. The number of hydrogen-bond donors (Lipinski definition) is 0. The third-order valence-electron chi connectivity index (χ3n) is 3.68. The molecule has 0 N–H and O–H groups in total. The zero-order valence-electron chi connectivity index (χ0n) is 10.1. The van der Waals surface area contributed by atoms with Gasteiger partial charge in [-0.1, -0.05) is 27.2 Å². The third kappa shape index (κ3) is 2.73. The van der Waals surface area contributed by atoms with Crippen molar-refractivity contribution in [2.45, 2.75) is 71.4 Å². The molecule has 14 heavy (non-hydrogen) atoms. The highest BCUT2D eigenvalue weighted by Gasteiger charge is 2.36. The molecule has 2 aliphatic carbocycles. The van der Waals surface area contributed by atoms with Gasteiger partial charge in [0.05, 0.1) is 0 Å². The zero-order chi connectivity index (χ0) is 10.2. The quantitative estimate of drug-likeness (QED) is 0.664. The average Bonchev–Trinajstić information content (AvgIpc) is 2.73. The first-order valence-corrected chi connectivity index (χ1v) is 6.32. The number of nitrogens with zero attached hydrogens (tertiary/aromatic N) is 1. The Bertz CT molecular complexity index is 184. The van der Waals surface area contributed by atoms with Crippen molar-refractivity contribution in [1.29, 1.82) is 0 Å². The first-order chi connectivity index (χ1) is 6.56. The second-order valence-corrected chi connectivity index (χ2v) is 6.36. The van der Waals surface area contributed by atoms with E-state index in [2.05, 4.69) is 25.7 Å². The van der Waals surface area contributed by atoms with E-state index in [1.54, 1.807) is 0 Å². The highest BCUT2D eigenvalue weighted by Crippen LogP contribution is 2.36. The summed E-state index contributed by atoms with van der Waals surface area (Å²) in [5.41, 5.74) is 0.511. The van der Waals surface area contributed by atoms with Gasteiger partial charge in [-0.25, -0.2) is 0 Å². The molecular weight excluding hydrogens is 170 g/mol. The van der Waals surface area contributed by atoms with Crippen molar-refractivity contribution < 1.29 is 0 Å². The highest BCUT2D eigenvalue weighted by atomic mass is 15.2. The molecule has 0 aliphatic heterocycles. The van der Waals surface area contributed by atoms with Gasteiger partial charge < -0.3 is 0 Å². The van der Waals surface area contributed by atoms with Crippen molar-refractivity contribution in [2.75, 3.05) is 6.54 Å². The zero-order valence-corrected chi connectivity index (χ0v) is 10.1. The fourth-order valence-corrected chi connectivity index (χ4v) is 2.25. The van der Waals surface area contributed by atoms with Crippen molar-refractivity contribution in [3.63, 3.8) is 0 Å². The second-order valence-electron chi connectivity index (χ2n) is 6.36. The molecule has 82 valence electrons. The van der Waals surface area contributed by atoms with E-state index in [9.17, 15) is 0 Å². The van der Waals surface area contributed by atoms with Crippen LogP contribution in [0.3, 0.4) is 0 Å². The molecule has 0 heterocycles. The highest BCUT2D eigenvalue weighted by molar-refractivity contribution is 4.92. The van der Waals surface area contributed by atoms with Gasteiger partial charge >= 0.3 is 0 Å². The summed E-state index contributed by atoms with van der Waals surface area (Å²) in [5, 5.41) is 0. The molecule has 0 spiro atoms. The van der Waals surface area contributed by atoms with Gasteiger partial charge in [0.25, 0.3) is 0 Å². The molecular formula is C13H25N. The summed E-state index contributed by atoms with van der Waals surface area (Å²) >= 11 is 0. The lowest BCUT2D eigenvalue weighted by atomic mass is 9.88. The molecule has 0 aromatic rings. The average molecular weight is 195 g/mol. The van der Waals surface area contributed by atoms with Crippen LogP contribution in [0.5, 0.6) is 0 Å². The fourth-order valence-electron chi connectivity index (χ4n) is 2.25. The van der Waals surface area contributed by atoms with Crippen LogP contribution in [0.25, 0.3) is 0 Å². The lowest BCUT2D eigenvalue weighted by Crippen LogP contribution is -2.43. The molecule has 1 nitrogen and oxygen atoms in total. The van der Waals surface area contributed by atoms with E-state index in [4.69, 9.17) is 0 Å². The number of rotatable bonds is 4. The minimum absolute atomic E-state index is 0.511. The van der Waals surface area contributed by atoms with Crippen LogP contribution in [0.2, 0.25) is 0 Å². The maximum Gasteiger partial charge on any atom is 0.00993 e. The topological polar surface area (TPSA) is 3.24 Å². The minimum atomic E-state index is 0.511. The summed E-state index contributed by atoms with van der Waals surface area (Å²) in [7, 11) is 0. The molecule has 0 saturated heterocycles. The van der Waals surface area contributed by atoms with Crippen LogP contribution >= 0.6 is 0 Å². The summed E-state index contributed by atoms with van der Waals surface area (Å²) in [5.74, 6) is 0. The Labute approximate surface area is 88.9 Å². The molecule has 1 heteroatoms. The Hall–Kier alpha value is -0.0400. The molecule has 0 unspecified atom stereocenters. The Morgan fingerprint density at radius 3 is 1.93 bits per heavy atom. The Morgan fingerprint density at radius 2 is 1.57 bits per heavy atom. The first-order valence-electron chi connectivity index (χ1n) is 6.32. The molecule has 2 aliphatic rings. The van der Waals surface area contributed by atoms with Gasteiger partial charge in [0.1, 0.15) is 0 Å². The maximum absolute atomic E-state index is 2.81. The van der Waals surface area contributed by atoms with E-state index >= 15 is 0 Å². The predicted molar refractivity (Wildman–Crippen MR) is 61.4 cm³/mol. The van der Waals surface area contributed by atoms with E-state index in [-0.39, 0.29) is 0 Å². The van der Waals surface area contributed by atoms with Gasteiger partial charge in [-0.15, -0.1) is 0 Å². The maximum atomic E-state index is 2.81. The molecule has 0 aromatic heterocycles. The summed E-state index contributed by atoms with van der Waals surface area (Å²) in [6, 6.07) is 1.94. The van der Waals surface area contributed by atoms with Crippen LogP contribution in [0.1, 0.15) is 59.3 Å². The Balaban J connectivity index is 1.78. The van der Waals surface area contributed by atoms with Gasteiger partial charge in [-0.05, 0) is 44.1 Å². The van der Waals surface area contributed by atoms with E-state index in [1.807, 2.05) is 0 Å². The third-order valence-corrected chi connectivity index (χ3v) is 3.68. The van der Waals surface area contributed by atoms with E-state index in [1.165, 1.54) is 45.1 Å². The largest absolute Gasteiger partial charge is 0.297 e. The lowest BCUT2D eigenvalue weighted by Gasteiger charge is -2.39. The Kier molecular flexibility index (Phi) is 2.88. The van der Waals surface area contributed by atoms with Crippen LogP contribution < -0.4 is 0 Å². The standard InChI is InChI=1S/C13H25N/c1-13(2,3)9-10-14(12-7-8-12)11-5-4-6-11/h11-12H,4-10H2,1-3H3. The molecule has 2 rings (SSSR count). The monoisotopic (exact) mass is 195 g/mol. The van der Waals surface area contributed by atoms with Gasteiger partial charge in [0, 0.05) is 12.1 Å². The van der Waals surface area contributed by atoms with Gasteiger partial charge in [0.15, 0.2) is 0 Å². The van der Waals surface area contributed by atoms with E-state index in [0.29, 0.717) is 5.41 Å². The normalized spacial score (nSPS) is 24.0. The van der Waals surface area contributed by atoms with Crippen molar-refractivity contribution in [3.8, 4) is 0 Å². The SMILES string of the molecule is CC(C)(C)CCN(C1CCC1)C1CC1. The van der Waals surface area contributed by atoms with Crippen LogP contribution in [0.15, 0.2) is 0 Å². The molecule has 2 fully saturated rings. The summed E-state index contributed by atoms with van der Waals surface area (Å²) in [6.45, 7) is 8.43. The minimum Gasteiger partial charge on any atom is -0.297 e. The van der Waals surface area contributed by atoms with E-state index in [0.717, 1.165) is 12.1 Å². The second kappa shape index (κ2) is 3.84. The van der Waals surface area contributed by atoms with Crippen molar-refractivity contribution in [1.82, 2.24) is 4.90 Å². The van der Waals surface area contributed by atoms with Crippen LogP contribution in [0, 0.1) is 5.41 Å². The number of hydrogen-bond acceptors (Lipinski definition) is 1. The van der Waals surface area contributed by atoms with Crippen molar-refractivity contribution in [3.05, 3.63) is 0 Å². The molecule has 0 radical (unpaired) electrons. The molecule has 0 atom stereocenters. The summed E-state index contributed by atoms with van der Waals surface area (Å²) in [6.07, 6.45) is 8.73. The van der Waals surface area contributed by atoms with E-state index < -0.39 is 0 Å². The fraction of sp³-hybridized carbons (Fsp3) is 1.00. The van der Waals surface area contributed by atoms with Gasteiger partial charge in [-0.2, -0.15) is 0 Å². The van der Waals surface area contributed by atoms with Crippen molar-refractivity contribution >= 4 is 0 Å². The van der Waals surface area contributed by atoms with Gasteiger partial charge in [0.2, 0.25) is 0 Å². The molecule has 0 aromatic carbocycles. The van der Waals surface area contributed by atoms with Crippen LogP contribution in [-0.4, -0.2) is 23.5 Å². The van der Waals surface area contributed by atoms with Gasteiger partial charge in [-0.3, -0.25) is 4.90 Å². The first kappa shape index (κ1) is 10.5. The van der Waals surface area contributed by atoms with Crippen molar-refractivity contribution in [2.24, 2.45) is 5.41 Å². The molecule has 0 bridgehead atoms. The molecule has 2 saturated carbocycles. The summed E-state index contributed by atoms with van der Waals surface area (Å²) < 4.78 is 0. The van der Waals surface area contributed by atoms with Crippen LogP contribution in [-0.2, 0) is 0 Å². The van der Waals surface area contributed by atoms with Crippen LogP contribution in [0.4, 0.5) is 0 Å².